The molecule has 0 saturated heterocycles. The summed E-state index contributed by atoms with van der Waals surface area (Å²) in [5.74, 6) is -0.163. The maximum atomic E-state index is 13.2. The van der Waals surface area contributed by atoms with E-state index >= 15 is 0 Å². The van der Waals surface area contributed by atoms with Crippen LogP contribution in [0.2, 0.25) is 0 Å². The molecule has 3 aromatic rings. The molecule has 2 N–H and O–H groups in total. The van der Waals surface area contributed by atoms with Crippen LogP contribution < -0.4 is 10.0 Å². The predicted octanol–water partition coefficient (Wildman–Crippen LogP) is 3.58. The van der Waals surface area contributed by atoms with Gasteiger partial charge in [0.1, 0.15) is 0 Å². The highest BCUT2D eigenvalue weighted by Crippen LogP contribution is 2.34. The van der Waals surface area contributed by atoms with Crippen molar-refractivity contribution >= 4 is 27.3 Å². The van der Waals surface area contributed by atoms with Crippen LogP contribution in [0.15, 0.2) is 59.8 Å². The first-order valence-corrected chi connectivity index (χ1v) is 10.3. The number of hydrogen-bond acceptors (Lipinski definition) is 4. The number of carbonyl (C=O) groups excluding carboxylic acids is 1. The number of hydrogen-bond donors (Lipinski definition) is 2. The number of halogens is 3. The maximum Gasteiger partial charge on any atom is 0.416 e. The molecular weight excluding hydrogens is 421 g/mol. The van der Waals surface area contributed by atoms with E-state index in [0.717, 1.165) is 18.2 Å². The van der Waals surface area contributed by atoms with Gasteiger partial charge in [-0.25, -0.2) is 13.1 Å². The summed E-state index contributed by atoms with van der Waals surface area (Å²) >= 11 is 0. The van der Waals surface area contributed by atoms with Gasteiger partial charge in [0.05, 0.1) is 21.8 Å². The lowest BCUT2D eigenvalue weighted by molar-refractivity contribution is -0.137. The van der Waals surface area contributed by atoms with Gasteiger partial charge < -0.3 is 5.32 Å². The number of aryl methyl sites for hydroxylation is 1. The lowest BCUT2D eigenvalue weighted by atomic mass is 10.0. The summed E-state index contributed by atoms with van der Waals surface area (Å²) in [6, 6.07) is 8.45. The van der Waals surface area contributed by atoms with Crippen LogP contribution in [0.3, 0.4) is 0 Å². The summed E-state index contributed by atoms with van der Waals surface area (Å²) < 4.78 is 68.9. The molecule has 1 aromatic heterocycles. The van der Waals surface area contributed by atoms with Crippen LogP contribution in [0.1, 0.15) is 17.5 Å². The van der Waals surface area contributed by atoms with E-state index in [4.69, 9.17) is 0 Å². The Morgan fingerprint density at radius 1 is 1.10 bits per heavy atom. The Balaban J connectivity index is 1.74. The van der Waals surface area contributed by atoms with E-state index in [1.165, 1.54) is 35.3 Å². The van der Waals surface area contributed by atoms with Crippen LogP contribution in [0.4, 0.5) is 24.5 Å². The molecule has 30 heavy (non-hydrogen) atoms. The Labute approximate surface area is 169 Å². The molecule has 0 unspecified atom stereocenters. The Morgan fingerprint density at radius 3 is 2.60 bits per heavy atom. The average Bonchev–Trinajstić information content (AvgIpc) is 3.21. The molecule has 0 radical (unpaired) electrons. The Hall–Kier alpha value is -3.34. The van der Waals surface area contributed by atoms with Crippen LogP contribution >= 0.6 is 0 Å². The number of carbonyl (C=O) groups is 1. The van der Waals surface area contributed by atoms with Crippen molar-refractivity contribution < 1.29 is 26.4 Å². The van der Waals surface area contributed by atoms with Gasteiger partial charge in [0.25, 0.3) is 10.0 Å². The molecule has 7 nitrogen and oxygen atoms in total. The van der Waals surface area contributed by atoms with Crippen LogP contribution in [-0.2, 0) is 27.4 Å². The van der Waals surface area contributed by atoms with Gasteiger partial charge in [-0.1, -0.05) is 0 Å². The standard InChI is InChI=1S/C19H15F3N4O3S/c20-19(21,22)13-3-6-17(26-9-1-8-23-26)16(11-13)25-30(28,29)14-4-5-15-12(10-14)2-7-18(27)24-15/h1,3-6,8-11,25H,2,7H2,(H,24,27). The zero-order valence-corrected chi connectivity index (χ0v) is 16.1. The number of fused-ring (bicyclic) bond motifs is 1. The van der Waals surface area contributed by atoms with Crippen molar-refractivity contribution in [1.82, 2.24) is 9.78 Å². The number of alkyl halides is 3. The zero-order chi connectivity index (χ0) is 21.5. The molecule has 4 rings (SSSR count). The van der Waals surface area contributed by atoms with Crippen molar-refractivity contribution in [2.45, 2.75) is 23.9 Å². The summed E-state index contributed by atoms with van der Waals surface area (Å²) in [7, 11) is -4.21. The maximum absolute atomic E-state index is 13.2. The van der Waals surface area contributed by atoms with Gasteiger partial charge in [0.15, 0.2) is 0 Å². The number of aromatic nitrogens is 2. The highest BCUT2D eigenvalue weighted by Gasteiger charge is 2.32. The molecular formula is C19H15F3N4O3S. The third kappa shape index (κ3) is 3.88. The minimum Gasteiger partial charge on any atom is -0.326 e. The zero-order valence-electron chi connectivity index (χ0n) is 15.3. The van der Waals surface area contributed by atoms with E-state index in [-0.39, 0.29) is 28.6 Å². The molecule has 1 aliphatic rings. The number of rotatable bonds is 4. The van der Waals surface area contributed by atoms with Crippen LogP contribution in [-0.4, -0.2) is 24.1 Å². The number of sulfonamides is 1. The number of benzene rings is 2. The van der Waals surface area contributed by atoms with E-state index in [1.807, 2.05) is 0 Å². The molecule has 0 aliphatic carbocycles. The molecule has 0 atom stereocenters. The number of anilines is 2. The lowest BCUT2D eigenvalue weighted by Gasteiger charge is -2.19. The van der Waals surface area contributed by atoms with Crippen molar-refractivity contribution in [3.05, 3.63) is 66.0 Å². The second-order valence-corrected chi connectivity index (χ2v) is 8.34. The van der Waals surface area contributed by atoms with Gasteiger partial charge in [0, 0.05) is 24.5 Å². The fraction of sp³-hybridized carbons (Fsp3) is 0.158. The topological polar surface area (TPSA) is 93.1 Å². The third-order valence-electron chi connectivity index (χ3n) is 4.60. The first-order valence-electron chi connectivity index (χ1n) is 8.80. The summed E-state index contributed by atoms with van der Waals surface area (Å²) in [5.41, 5.74) is 0.0286. The van der Waals surface area contributed by atoms with Crippen molar-refractivity contribution in [2.24, 2.45) is 0 Å². The third-order valence-corrected chi connectivity index (χ3v) is 5.97. The summed E-state index contributed by atoms with van der Waals surface area (Å²) in [5, 5.41) is 6.62. The van der Waals surface area contributed by atoms with Crippen LogP contribution in [0.25, 0.3) is 5.69 Å². The SMILES string of the molecule is O=C1CCc2cc(S(=O)(=O)Nc3cc(C(F)(F)F)ccc3-n3cccn3)ccc2N1. The molecule has 11 heteroatoms. The minimum atomic E-state index is -4.65. The van der Waals surface area contributed by atoms with Gasteiger partial charge in [-0.15, -0.1) is 0 Å². The van der Waals surface area contributed by atoms with Crippen LogP contribution in [0.5, 0.6) is 0 Å². The molecule has 0 spiro atoms. The van der Waals surface area contributed by atoms with Crippen molar-refractivity contribution in [1.29, 1.82) is 0 Å². The quantitative estimate of drug-likeness (QED) is 0.654. The molecule has 2 heterocycles. The Morgan fingerprint density at radius 2 is 1.90 bits per heavy atom. The first kappa shape index (κ1) is 20.0. The molecule has 0 bridgehead atoms. The van der Waals surface area contributed by atoms with E-state index < -0.39 is 21.8 Å². The van der Waals surface area contributed by atoms with E-state index in [2.05, 4.69) is 15.1 Å². The second kappa shape index (κ2) is 7.17. The lowest BCUT2D eigenvalue weighted by Crippen LogP contribution is -2.20. The largest absolute Gasteiger partial charge is 0.416 e. The minimum absolute atomic E-state index is 0.124. The Kier molecular flexibility index (Phi) is 4.77. The summed E-state index contributed by atoms with van der Waals surface area (Å²) in [6.07, 6.45) is -1.14. The highest BCUT2D eigenvalue weighted by molar-refractivity contribution is 7.92. The monoisotopic (exact) mass is 436 g/mol. The number of nitrogens with one attached hydrogen (secondary N) is 2. The molecule has 0 saturated carbocycles. The van der Waals surface area contributed by atoms with Gasteiger partial charge in [0.2, 0.25) is 5.91 Å². The van der Waals surface area contributed by atoms with Crippen molar-refractivity contribution in [3.8, 4) is 5.69 Å². The summed E-state index contributed by atoms with van der Waals surface area (Å²) in [6.45, 7) is 0. The molecule has 1 aliphatic heterocycles. The smallest absolute Gasteiger partial charge is 0.326 e. The average molecular weight is 436 g/mol. The van der Waals surface area contributed by atoms with E-state index in [9.17, 15) is 26.4 Å². The van der Waals surface area contributed by atoms with Gasteiger partial charge in [-0.05, 0) is 54.4 Å². The highest BCUT2D eigenvalue weighted by atomic mass is 32.2. The fourth-order valence-electron chi connectivity index (χ4n) is 3.14. The molecule has 156 valence electrons. The van der Waals surface area contributed by atoms with Crippen molar-refractivity contribution in [3.63, 3.8) is 0 Å². The fourth-order valence-corrected chi connectivity index (χ4v) is 4.25. The van der Waals surface area contributed by atoms with E-state index in [0.29, 0.717) is 17.7 Å². The van der Waals surface area contributed by atoms with Gasteiger partial charge in [-0.3, -0.25) is 9.52 Å². The predicted molar refractivity (Wildman–Crippen MR) is 103 cm³/mol. The molecule has 1 amide bonds. The first-order chi connectivity index (χ1) is 14.1. The van der Waals surface area contributed by atoms with Gasteiger partial charge >= 0.3 is 6.18 Å². The van der Waals surface area contributed by atoms with Gasteiger partial charge in [-0.2, -0.15) is 18.3 Å². The second-order valence-electron chi connectivity index (χ2n) is 6.65. The van der Waals surface area contributed by atoms with Crippen molar-refractivity contribution in [2.75, 3.05) is 10.0 Å². The summed E-state index contributed by atoms with van der Waals surface area (Å²) in [4.78, 5) is 11.3. The molecule has 0 fully saturated rings. The number of nitrogens with zero attached hydrogens (tertiary/aromatic N) is 2. The molecule has 2 aromatic carbocycles. The van der Waals surface area contributed by atoms with E-state index in [1.54, 1.807) is 6.07 Å². The Bertz CT molecular complexity index is 1220. The van der Waals surface area contributed by atoms with Crippen LogP contribution in [0, 0.1) is 0 Å². The number of amides is 1. The normalized spacial score (nSPS) is 14.2.